The lowest BCUT2D eigenvalue weighted by Gasteiger charge is -2.18. The van der Waals surface area contributed by atoms with Gasteiger partial charge < -0.3 is 10.8 Å². The van der Waals surface area contributed by atoms with Gasteiger partial charge in [0.05, 0.1) is 6.54 Å². The Morgan fingerprint density at radius 2 is 2.09 bits per heavy atom. The zero-order valence-corrected chi connectivity index (χ0v) is 7.20. The van der Waals surface area contributed by atoms with Crippen LogP contribution in [0.5, 0.6) is 0 Å². The molecule has 5 heteroatoms. The molecule has 0 aliphatic rings. The van der Waals surface area contributed by atoms with E-state index in [9.17, 15) is 5.11 Å². The van der Waals surface area contributed by atoms with Crippen LogP contribution < -0.4 is 11.6 Å². The van der Waals surface area contributed by atoms with Crippen molar-refractivity contribution in [3.8, 4) is 0 Å². The second-order valence-corrected chi connectivity index (χ2v) is 2.80. The van der Waals surface area contributed by atoms with Crippen molar-refractivity contribution in [2.24, 2.45) is 16.7 Å². The van der Waals surface area contributed by atoms with Gasteiger partial charge in [0.1, 0.15) is 5.60 Å². The summed E-state index contributed by atoms with van der Waals surface area (Å²) in [4.78, 5) is 0. The smallest absolute Gasteiger partial charge is 0.152 e. The second-order valence-electron chi connectivity index (χ2n) is 2.80. The first-order chi connectivity index (χ1) is 4.88. The first-order valence-corrected chi connectivity index (χ1v) is 3.47. The van der Waals surface area contributed by atoms with Crippen LogP contribution in [0.2, 0.25) is 0 Å². The van der Waals surface area contributed by atoms with Crippen LogP contribution in [0.4, 0.5) is 0 Å². The van der Waals surface area contributed by atoms with Crippen molar-refractivity contribution in [1.29, 1.82) is 0 Å². The van der Waals surface area contributed by atoms with Crippen LogP contribution in [-0.4, -0.2) is 28.2 Å². The SMILES string of the molecule is CCN(N)/N=C(\N)C(C)(C)O. The molecule has 0 aromatic carbocycles. The number of amidine groups is 1. The molecule has 0 amide bonds. The van der Waals surface area contributed by atoms with Gasteiger partial charge in [-0.3, -0.25) is 0 Å². The van der Waals surface area contributed by atoms with E-state index in [2.05, 4.69) is 5.10 Å². The summed E-state index contributed by atoms with van der Waals surface area (Å²) in [5.74, 6) is 5.44. The van der Waals surface area contributed by atoms with Crippen LogP contribution in [-0.2, 0) is 0 Å². The summed E-state index contributed by atoms with van der Waals surface area (Å²) < 4.78 is 0. The summed E-state index contributed by atoms with van der Waals surface area (Å²) >= 11 is 0. The number of hydrazone groups is 1. The Balaban J connectivity index is 4.22. The number of nitrogens with zero attached hydrogens (tertiary/aromatic N) is 2. The Morgan fingerprint density at radius 3 is 2.36 bits per heavy atom. The van der Waals surface area contributed by atoms with Crippen LogP contribution >= 0.6 is 0 Å². The topological polar surface area (TPSA) is 87.9 Å². The quantitative estimate of drug-likeness (QED) is 0.219. The molecule has 0 unspecified atom stereocenters. The second kappa shape index (κ2) is 3.54. The normalized spacial score (nSPS) is 13.4. The lowest BCUT2D eigenvalue weighted by molar-refractivity contribution is 0.148. The number of nitrogens with two attached hydrogens (primary N) is 2. The highest BCUT2D eigenvalue weighted by Gasteiger charge is 2.18. The van der Waals surface area contributed by atoms with Crippen molar-refractivity contribution in [2.75, 3.05) is 6.54 Å². The summed E-state index contributed by atoms with van der Waals surface area (Å²) in [6, 6.07) is 0. The maximum absolute atomic E-state index is 9.29. The molecule has 0 aromatic rings. The maximum atomic E-state index is 9.29. The monoisotopic (exact) mass is 160 g/mol. The lowest BCUT2D eigenvalue weighted by Crippen LogP contribution is -2.41. The van der Waals surface area contributed by atoms with Crippen molar-refractivity contribution in [1.82, 2.24) is 5.12 Å². The molecule has 66 valence electrons. The molecule has 0 heterocycles. The molecule has 0 rings (SSSR count). The molecule has 0 aliphatic carbocycles. The highest BCUT2D eigenvalue weighted by molar-refractivity contribution is 5.87. The van der Waals surface area contributed by atoms with E-state index in [1.165, 1.54) is 5.12 Å². The molecule has 0 bridgehead atoms. The van der Waals surface area contributed by atoms with E-state index in [0.29, 0.717) is 6.54 Å². The Morgan fingerprint density at radius 1 is 1.64 bits per heavy atom. The lowest BCUT2D eigenvalue weighted by atomic mass is 10.1. The van der Waals surface area contributed by atoms with Gasteiger partial charge in [-0.15, -0.1) is 5.10 Å². The van der Waals surface area contributed by atoms with E-state index in [4.69, 9.17) is 11.6 Å². The average Bonchev–Trinajstić information content (AvgIpc) is 1.85. The summed E-state index contributed by atoms with van der Waals surface area (Å²) in [5, 5.41) is 14.2. The predicted octanol–water partition coefficient (Wildman–Crippen LogP) is -0.775. The van der Waals surface area contributed by atoms with Gasteiger partial charge in [0.25, 0.3) is 0 Å². The Bertz CT molecular complexity index is 149. The minimum absolute atomic E-state index is 0.113. The van der Waals surface area contributed by atoms with Gasteiger partial charge in [-0.05, 0) is 20.8 Å². The number of hydrogen-bond donors (Lipinski definition) is 3. The predicted molar refractivity (Wildman–Crippen MR) is 44.5 cm³/mol. The summed E-state index contributed by atoms with van der Waals surface area (Å²) in [6.07, 6.45) is 0. The number of hydrogen-bond acceptors (Lipinski definition) is 4. The van der Waals surface area contributed by atoms with Gasteiger partial charge in [0, 0.05) is 0 Å². The molecular weight excluding hydrogens is 144 g/mol. The van der Waals surface area contributed by atoms with Gasteiger partial charge in [0.2, 0.25) is 0 Å². The van der Waals surface area contributed by atoms with Gasteiger partial charge in [-0.1, -0.05) is 0 Å². The summed E-state index contributed by atoms with van der Waals surface area (Å²) in [5.41, 5.74) is 4.30. The van der Waals surface area contributed by atoms with Crippen molar-refractivity contribution < 1.29 is 5.11 Å². The molecule has 5 nitrogen and oxygen atoms in total. The highest BCUT2D eigenvalue weighted by Crippen LogP contribution is 2.00. The van der Waals surface area contributed by atoms with E-state index in [-0.39, 0.29) is 5.84 Å². The van der Waals surface area contributed by atoms with Crippen LogP contribution in [0.15, 0.2) is 5.10 Å². The number of rotatable bonds is 3. The molecule has 0 radical (unpaired) electrons. The van der Waals surface area contributed by atoms with Crippen molar-refractivity contribution >= 4 is 5.84 Å². The van der Waals surface area contributed by atoms with Gasteiger partial charge in [-0.2, -0.15) is 0 Å². The molecule has 0 aromatic heterocycles. The minimum Gasteiger partial charge on any atom is -0.383 e. The fraction of sp³-hybridized carbons (Fsp3) is 0.833. The van der Waals surface area contributed by atoms with Crippen molar-refractivity contribution in [2.45, 2.75) is 26.4 Å². The van der Waals surface area contributed by atoms with Gasteiger partial charge in [0.15, 0.2) is 5.84 Å². The van der Waals surface area contributed by atoms with Crippen LogP contribution in [0.1, 0.15) is 20.8 Å². The van der Waals surface area contributed by atoms with E-state index in [1.807, 2.05) is 6.92 Å². The average molecular weight is 160 g/mol. The van der Waals surface area contributed by atoms with E-state index in [1.54, 1.807) is 13.8 Å². The Hall–Kier alpha value is -0.810. The fourth-order valence-corrected chi connectivity index (χ4v) is 0.331. The molecule has 11 heavy (non-hydrogen) atoms. The molecular formula is C6H16N4O. The largest absolute Gasteiger partial charge is 0.383 e. The third-order valence-electron chi connectivity index (χ3n) is 1.19. The van der Waals surface area contributed by atoms with Crippen molar-refractivity contribution in [3.63, 3.8) is 0 Å². The molecule has 0 atom stereocenters. The number of aliphatic hydroxyl groups is 1. The molecule has 0 saturated heterocycles. The van der Waals surface area contributed by atoms with Crippen LogP contribution in [0, 0.1) is 0 Å². The molecule has 0 saturated carbocycles. The van der Waals surface area contributed by atoms with Gasteiger partial charge >= 0.3 is 0 Å². The van der Waals surface area contributed by atoms with Crippen LogP contribution in [0.3, 0.4) is 0 Å². The summed E-state index contributed by atoms with van der Waals surface area (Å²) in [7, 11) is 0. The van der Waals surface area contributed by atoms with E-state index in [0.717, 1.165) is 0 Å². The summed E-state index contributed by atoms with van der Waals surface area (Å²) in [6.45, 7) is 5.49. The third-order valence-corrected chi connectivity index (χ3v) is 1.19. The third kappa shape index (κ3) is 3.79. The first kappa shape index (κ1) is 10.2. The van der Waals surface area contributed by atoms with Gasteiger partial charge in [-0.25, -0.2) is 11.0 Å². The van der Waals surface area contributed by atoms with E-state index < -0.39 is 5.60 Å². The zero-order valence-electron chi connectivity index (χ0n) is 7.20. The standard InChI is InChI=1S/C6H16N4O/c1-4-10(8)9-5(7)6(2,3)11/h11H,4,8H2,1-3H3,(H2,7,9). The molecule has 0 aliphatic heterocycles. The zero-order chi connectivity index (χ0) is 9.07. The fourth-order valence-electron chi connectivity index (χ4n) is 0.331. The molecule has 0 spiro atoms. The maximum Gasteiger partial charge on any atom is 0.152 e. The van der Waals surface area contributed by atoms with Crippen LogP contribution in [0.25, 0.3) is 0 Å². The first-order valence-electron chi connectivity index (χ1n) is 3.47. The highest BCUT2D eigenvalue weighted by atomic mass is 16.3. The molecule has 0 fully saturated rings. The minimum atomic E-state index is -1.10. The number of hydrazine groups is 1. The van der Waals surface area contributed by atoms with E-state index >= 15 is 0 Å². The Kier molecular flexibility index (Phi) is 3.28. The molecule has 5 N–H and O–H groups in total. The van der Waals surface area contributed by atoms with Crippen molar-refractivity contribution in [3.05, 3.63) is 0 Å². The Labute approximate surface area is 66.6 Å².